The van der Waals surface area contributed by atoms with E-state index in [1.54, 1.807) is 17.5 Å². The molecule has 0 aromatic carbocycles. The summed E-state index contributed by atoms with van der Waals surface area (Å²) in [5.41, 5.74) is 3.24. The molecule has 1 N–H and O–H groups in total. The zero-order chi connectivity index (χ0) is 15.0. The van der Waals surface area contributed by atoms with Crippen molar-refractivity contribution in [1.29, 1.82) is 0 Å². The second-order valence-corrected chi connectivity index (χ2v) is 6.31. The summed E-state index contributed by atoms with van der Waals surface area (Å²) < 4.78 is 0. The maximum absolute atomic E-state index is 4.72. The van der Waals surface area contributed by atoms with Gasteiger partial charge in [-0.05, 0) is 51.0 Å². The number of fused-ring (bicyclic) bond motifs is 1. The van der Waals surface area contributed by atoms with Gasteiger partial charge in [-0.2, -0.15) is 0 Å². The van der Waals surface area contributed by atoms with Gasteiger partial charge in [0.1, 0.15) is 16.3 Å². The van der Waals surface area contributed by atoms with E-state index in [0.29, 0.717) is 5.82 Å². The predicted molar refractivity (Wildman–Crippen MR) is 89.0 cm³/mol. The zero-order valence-corrected chi connectivity index (χ0v) is 13.5. The predicted octanol–water partition coefficient (Wildman–Crippen LogP) is 4.11. The Morgan fingerprint density at radius 3 is 2.71 bits per heavy atom. The smallest absolute Gasteiger partial charge is 0.181 e. The van der Waals surface area contributed by atoms with E-state index in [0.717, 1.165) is 33.8 Å². The zero-order valence-electron chi connectivity index (χ0n) is 12.7. The Hall–Kier alpha value is -2.01. The minimum absolute atomic E-state index is 0.684. The molecule has 0 atom stereocenters. The molecule has 0 spiro atoms. The van der Waals surface area contributed by atoms with Crippen molar-refractivity contribution in [1.82, 2.24) is 15.0 Å². The van der Waals surface area contributed by atoms with Crippen molar-refractivity contribution in [3.05, 3.63) is 34.3 Å². The fourth-order valence-corrected chi connectivity index (χ4v) is 3.35. The van der Waals surface area contributed by atoms with Gasteiger partial charge in [0.05, 0.1) is 5.39 Å². The highest BCUT2D eigenvalue weighted by molar-refractivity contribution is 7.18. The molecule has 0 aliphatic carbocycles. The molecular weight excluding hydrogens is 280 g/mol. The Labute approximate surface area is 128 Å². The lowest BCUT2D eigenvalue weighted by Crippen LogP contribution is -2.03. The molecule has 0 saturated heterocycles. The molecule has 0 bridgehead atoms. The number of hydrogen-bond acceptors (Lipinski definition) is 5. The van der Waals surface area contributed by atoms with Gasteiger partial charge in [0.2, 0.25) is 0 Å². The molecule has 21 heavy (non-hydrogen) atoms. The molecule has 0 saturated carbocycles. The van der Waals surface area contributed by atoms with Gasteiger partial charge in [0, 0.05) is 17.6 Å². The molecule has 108 valence electrons. The quantitative estimate of drug-likeness (QED) is 0.790. The standard InChI is InChI=1S/C16H18N4S/c1-5-17-15-13-10(3)11(4)21-16(13)20-14(19-15)12-8-9(2)6-7-18-12/h6-8H,5H2,1-4H3,(H,17,19,20). The molecule has 3 heterocycles. The summed E-state index contributed by atoms with van der Waals surface area (Å²) in [6.07, 6.45) is 1.80. The highest BCUT2D eigenvalue weighted by atomic mass is 32.1. The number of rotatable bonds is 3. The van der Waals surface area contributed by atoms with Crippen LogP contribution in [0.3, 0.4) is 0 Å². The Balaban J connectivity index is 2.25. The van der Waals surface area contributed by atoms with Crippen molar-refractivity contribution < 1.29 is 0 Å². The van der Waals surface area contributed by atoms with E-state index >= 15 is 0 Å². The lowest BCUT2D eigenvalue weighted by Gasteiger charge is -2.08. The van der Waals surface area contributed by atoms with Gasteiger partial charge in [-0.25, -0.2) is 9.97 Å². The lowest BCUT2D eigenvalue weighted by molar-refractivity contribution is 1.13. The fraction of sp³-hybridized carbons (Fsp3) is 0.312. The van der Waals surface area contributed by atoms with Crippen molar-refractivity contribution in [2.45, 2.75) is 27.7 Å². The maximum Gasteiger partial charge on any atom is 0.181 e. The van der Waals surface area contributed by atoms with E-state index in [-0.39, 0.29) is 0 Å². The summed E-state index contributed by atoms with van der Waals surface area (Å²) in [4.78, 5) is 16.1. The third-order valence-electron chi connectivity index (χ3n) is 3.52. The number of hydrogen-bond donors (Lipinski definition) is 1. The van der Waals surface area contributed by atoms with E-state index in [2.05, 4.69) is 31.1 Å². The summed E-state index contributed by atoms with van der Waals surface area (Å²) >= 11 is 1.71. The second kappa shape index (κ2) is 5.41. The molecule has 3 aromatic heterocycles. The molecule has 0 amide bonds. The average Bonchev–Trinajstić information content (AvgIpc) is 2.74. The molecule has 4 nitrogen and oxygen atoms in total. The van der Waals surface area contributed by atoms with Crippen molar-refractivity contribution in [2.24, 2.45) is 0 Å². The Bertz CT molecular complexity index is 807. The van der Waals surface area contributed by atoms with Crippen molar-refractivity contribution in [3.63, 3.8) is 0 Å². The topological polar surface area (TPSA) is 50.7 Å². The van der Waals surface area contributed by atoms with Crippen molar-refractivity contribution in [2.75, 3.05) is 11.9 Å². The monoisotopic (exact) mass is 298 g/mol. The van der Waals surface area contributed by atoms with Crippen LogP contribution >= 0.6 is 11.3 Å². The van der Waals surface area contributed by atoms with Crippen molar-refractivity contribution >= 4 is 27.4 Å². The van der Waals surface area contributed by atoms with Gasteiger partial charge < -0.3 is 5.32 Å². The molecule has 0 aliphatic heterocycles. The van der Waals surface area contributed by atoms with Gasteiger partial charge in [0.15, 0.2) is 5.82 Å². The number of nitrogens with zero attached hydrogens (tertiary/aromatic N) is 3. The highest BCUT2D eigenvalue weighted by Crippen LogP contribution is 2.34. The van der Waals surface area contributed by atoms with Crippen LogP contribution in [-0.4, -0.2) is 21.5 Å². The molecule has 0 radical (unpaired) electrons. The average molecular weight is 298 g/mol. The normalized spacial score (nSPS) is 11.0. The number of pyridine rings is 1. The van der Waals surface area contributed by atoms with Gasteiger partial charge in [0.25, 0.3) is 0 Å². The molecule has 0 fully saturated rings. The van der Waals surface area contributed by atoms with Crippen LogP contribution in [-0.2, 0) is 0 Å². The maximum atomic E-state index is 4.72. The summed E-state index contributed by atoms with van der Waals surface area (Å²) in [6, 6.07) is 4.00. The van der Waals surface area contributed by atoms with Gasteiger partial charge in [-0.3, -0.25) is 4.98 Å². The molecule has 3 rings (SSSR count). The molecule has 5 heteroatoms. The Morgan fingerprint density at radius 1 is 1.19 bits per heavy atom. The van der Waals surface area contributed by atoms with E-state index in [4.69, 9.17) is 9.97 Å². The second-order valence-electron chi connectivity index (χ2n) is 5.11. The Morgan fingerprint density at radius 2 is 2.00 bits per heavy atom. The van der Waals surface area contributed by atoms with E-state index in [1.807, 2.05) is 19.1 Å². The SMILES string of the molecule is CCNc1nc(-c2cc(C)ccn2)nc2sc(C)c(C)c12. The van der Waals surface area contributed by atoms with Crippen molar-refractivity contribution in [3.8, 4) is 11.5 Å². The summed E-state index contributed by atoms with van der Waals surface area (Å²) in [7, 11) is 0. The minimum atomic E-state index is 0.684. The number of anilines is 1. The Kier molecular flexibility index (Phi) is 3.59. The van der Waals surface area contributed by atoms with Crippen LogP contribution in [0, 0.1) is 20.8 Å². The minimum Gasteiger partial charge on any atom is -0.370 e. The van der Waals surface area contributed by atoms with Crippen LogP contribution in [0.4, 0.5) is 5.82 Å². The molecule has 0 aliphatic rings. The molecule has 3 aromatic rings. The third-order valence-corrected chi connectivity index (χ3v) is 4.62. The van der Waals surface area contributed by atoms with E-state index < -0.39 is 0 Å². The highest BCUT2D eigenvalue weighted by Gasteiger charge is 2.15. The number of aryl methyl sites for hydroxylation is 3. The first-order chi connectivity index (χ1) is 10.1. The van der Waals surface area contributed by atoms with E-state index in [1.165, 1.54) is 10.4 Å². The summed E-state index contributed by atoms with van der Waals surface area (Å²) in [5, 5.41) is 4.49. The first kappa shape index (κ1) is 13.9. The number of nitrogens with one attached hydrogen (secondary N) is 1. The van der Waals surface area contributed by atoms with Gasteiger partial charge in [-0.15, -0.1) is 11.3 Å². The largest absolute Gasteiger partial charge is 0.370 e. The van der Waals surface area contributed by atoms with Crippen LogP contribution < -0.4 is 5.32 Å². The number of thiophene rings is 1. The van der Waals surface area contributed by atoms with Gasteiger partial charge >= 0.3 is 0 Å². The van der Waals surface area contributed by atoms with Crippen LogP contribution in [0.15, 0.2) is 18.3 Å². The van der Waals surface area contributed by atoms with Crippen LogP contribution in [0.5, 0.6) is 0 Å². The fourth-order valence-electron chi connectivity index (χ4n) is 2.32. The van der Waals surface area contributed by atoms with Crippen LogP contribution in [0.2, 0.25) is 0 Å². The van der Waals surface area contributed by atoms with Crippen LogP contribution in [0.1, 0.15) is 22.9 Å². The van der Waals surface area contributed by atoms with E-state index in [9.17, 15) is 0 Å². The van der Waals surface area contributed by atoms with Crippen LogP contribution in [0.25, 0.3) is 21.7 Å². The van der Waals surface area contributed by atoms with Gasteiger partial charge in [-0.1, -0.05) is 0 Å². The molecular formula is C16H18N4S. The summed E-state index contributed by atoms with van der Waals surface area (Å²) in [5.74, 6) is 1.59. The first-order valence-corrected chi connectivity index (χ1v) is 7.86. The number of aromatic nitrogens is 3. The molecule has 0 unspecified atom stereocenters. The third kappa shape index (κ3) is 2.49. The lowest BCUT2D eigenvalue weighted by atomic mass is 10.2. The first-order valence-electron chi connectivity index (χ1n) is 7.04. The summed E-state index contributed by atoms with van der Waals surface area (Å²) in [6.45, 7) is 9.22.